The fourth-order valence-electron chi connectivity index (χ4n) is 6.05. The molecule has 1 atom stereocenters. The van der Waals surface area contributed by atoms with Crippen molar-refractivity contribution >= 4 is 23.4 Å². The summed E-state index contributed by atoms with van der Waals surface area (Å²) in [4.78, 5) is 44.7. The third kappa shape index (κ3) is 3.10. The molecule has 1 aromatic carbocycles. The Morgan fingerprint density at radius 2 is 1.79 bits per heavy atom. The zero-order valence-corrected chi connectivity index (χ0v) is 18.8. The standard InChI is InChI=1S/C25H25N5O4/c1-13-16-8-9-19(18(16)7-6-17(13)25(33)34)28-23(31)21-12-20(27-22-10-11-26-30(21)22)24(32)29-14-2-3-15(29)5-4-14/h6-7,10-12,14-15,19H,2-5,8-9H2,1H3,(H,28,31)(H,33,34)/t14?,15?,19-/m0/s1. The molecule has 9 nitrogen and oxygen atoms in total. The Bertz CT molecular complexity index is 1340. The van der Waals surface area contributed by atoms with Crippen LogP contribution in [0.1, 0.15) is 86.2 Å². The van der Waals surface area contributed by atoms with Crippen LogP contribution in [0.15, 0.2) is 30.5 Å². The predicted molar refractivity (Wildman–Crippen MR) is 122 cm³/mol. The number of carbonyl (C=O) groups excluding carboxylic acids is 2. The molecule has 2 saturated heterocycles. The molecule has 6 rings (SSSR count). The summed E-state index contributed by atoms with van der Waals surface area (Å²) < 4.78 is 1.46. The van der Waals surface area contributed by atoms with E-state index in [1.54, 1.807) is 30.5 Å². The third-order valence-corrected chi connectivity index (χ3v) is 7.73. The van der Waals surface area contributed by atoms with Crippen LogP contribution >= 0.6 is 0 Å². The van der Waals surface area contributed by atoms with Gasteiger partial charge in [0.15, 0.2) is 5.65 Å². The summed E-state index contributed by atoms with van der Waals surface area (Å²) in [6.07, 6.45) is 7.06. The molecule has 9 heteroatoms. The van der Waals surface area contributed by atoms with Crippen molar-refractivity contribution in [1.82, 2.24) is 24.8 Å². The van der Waals surface area contributed by atoms with Crippen LogP contribution in [0.3, 0.4) is 0 Å². The predicted octanol–water partition coefficient (Wildman–Crippen LogP) is 2.92. The van der Waals surface area contributed by atoms with Crippen molar-refractivity contribution < 1.29 is 19.5 Å². The van der Waals surface area contributed by atoms with E-state index < -0.39 is 5.97 Å². The van der Waals surface area contributed by atoms with Gasteiger partial charge in [0.2, 0.25) is 0 Å². The highest BCUT2D eigenvalue weighted by Gasteiger charge is 2.43. The lowest BCUT2D eigenvalue weighted by molar-refractivity contribution is 0.0692. The number of nitrogens with one attached hydrogen (secondary N) is 1. The van der Waals surface area contributed by atoms with Crippen LogP contribution in [0.4, 0.5) is 0 Å². The van der Waals surface area contributed by atoms with Gasteiger partial charge in [0.25, 0.3) is 11.8 Å². The van der Waals surface area contributed by atoms with E-state index >= 15 is 0 Å². The molecule has 2 aromatic heterocycles. The molecule has 174 valence electrons. The van der Waals surface area contributed by atoms with Crippen LogP contribution in [0.5, 0.6) is 0 Å². The smallest absolute Gasteiger partial charge is 0.335 e. The zero-order valence-electron chi connectivity index (χ0n) is 18.8. The highest BCUT2D eigenvalue weighted by Crippen LogP contribution is 2.38. The molecule has 3 aromatic rings. The van der Waals surface area contributed by atoms with Crippen molar-refractivity contribution in [3.63, 3.8) is 0 Å². The Hall–Kier alpha value is -3.75. The van der Waals surface area contributed by atoms with Gasteiger partial charge >= 0.3 is 5.97 Å². The molecule has 2 aliphatic heterocycles. The fraction of sp³-hybridized carbons (Fsp3) is 0.400. The quantitative estimate of drug-likeness (QED) is 0.620. The Balaban J connectivity index is 1.31. The molecule has 2 bridgehead atoms. The topological polar surface area (TPSA) is 117 Å². The normalized spacial score (nSPS) is 22.9. The first-order valence-corrected chi connectivity index (χ1v) is 11.8. The van der Waals surface area contributed by atoms with Gasteiger partial charge in [0.05, 0.1) is 17.8 Å². The van der Waals surface area contributed by atoms with Crippen LogP contribution in [0.2, 0.25) is 0 Å². The number of rotatable bonds is 4. The SMILES string of the molecule is Cc1c(C(=O)O)ccc2c1CC[C@@H]2NC(=O)c1cc(C(=O)N2C3CCC2CC3)nc2ccnn12. The number of amides is 2. The molecule has 1 aliphatic carbocycles. The molecule has 34 heavy (non-hydrogen) atoms. The minimum Gasteiger partial charge on any atom is -0.478 e. The molecule has 0 spiro atoms. The van der Waals surface area contributed by atoms with Gasteiger partial charge in [-0.25, -0.2) is 14.3 Å². The molecular formula is C25H25N5O4. The summed E-state index contributed by atoms with van der Waals surface area (Å²) in [5, 5.41) is 16.7. The summed E-state index contributed by atoms with van der Waals surface area (Å²) in [5.74, 6) is -1.41. The minimum atomic E-state index is -0.950. The monoisotopic (exact) mass is 459 g/mol. The highest BCUT2D eigenvalue weighted by atomic mass is 16.4. The second-order valence-electron chi connectivity index (χ2n) is 9.48. The van der Waals surface area contributed by atoms with Gasteiger partial charge in [-0.2, -0.15) is 5.10 Å². The maximum atomic E-state index is 13.4. The summed E-state index contributed by atoms with van der Waals surface area (Å²) in [6.45, 7) is 1.81. The van der Waals surface area contributed by atoms with Gasteiger partial charge in [0, 0.05) is 24.2 Å². The largest absolute Gasteiger partial charge is 0.478 e. The summed E-state index contributed by atoms with van der Waals surface area (Å²) in [7, 11) is 0. The average Bonchev–Trinajstić information content (AvgIpc) is 3.61. The number of aromatic nitrogens is 3. The Labute approximate surface area is 195 Å². The average molecular weight is 460 g/mol. The second kappa shape index (κ2) is 7.65. The van der Waals surface area contributed by atoms with E-state index in [1.807, 2.05) is 11.8 Å². The molecule has 0 saturated carbocycles. The number of nitrogens with zero attached hydrogens (tertiary/aromatic N) is 4. The summed E-state index contributed by atoms with van der Waals surface area (Å²) >= 11 is 0. The molecule has 2 fully saturated rings. The lowest BCUT2D eigenvalue weighted by atomic mass is 9.98. The number of hydrogen-bond acceptors (Lipinski definition) is 5. The molecule has 4 heterocycles. The van der Waals surface area contributed by atoms with Gasteiger partial charge < -0.3 is 15.3 Å². The highest BCUT2D eigenvalue weighted by molar-refractivity contribution is 5.99. The van der Waals surface area contributed by atoms with Crippen LogP contribution in [-0.2, 0) is 6.42 Å². The Morgan fingerprint density at radius 3 is 2.50 bits per heavy atom. The number of benzene rings is 1. The van der Waals surface area contributed by atoms with Crippen molar-refractivity contribution in [1.29, 1.82) is 0 Å². The second-order valence-corrected chi connectivity index (χ2v) is 9.48. The Morgan fingerprint density at radius 1 is 1.06 bits per heavy atom. The van der Waals surface area contributed by atoms with Gasteiger partial charge in [-0.3, -0.25) is 9.59 Å². The lowest BCUT2D eigenvalue weighted by Crippen LogP contribution is -2.36. The van der Waals surface area contributed by atoms with Crippen molar-refractivity contribution in [3.05, 3.63) is 64.1 Å². The van der Waals surface area contributed by atoms with E-state index in [2.05, 4.69) is 15.4 Å². The van der Waals surface area contributed by atoms with E-state index in [4.69, 9.17) is 0 Å². The first-order chi connectivity index (χ1) is 16.4. The number of carboxylic acid groups (broad SMARTS) is 1. The number of carbonyl (C=O) groups is 3. The van der Waals surface area contributed by atoms with Crippen molar-refractivity contribution in [2.75, 3.05) is 0 Å². The van der Waals surface area contributed by atoms with E-state index in [0.717, 1.165) is 42.4 Å². The van der Waals surface area contributed by atoms with Crippen LogP contribution in [-0.4, -0.2) is 54.5 Å². The maximum absolute atomic E-state index is 13.4. The van der Waals surface area contributed by atoms with Crippen molar-refractivity contribution in [2.45, 2.75) is 63.6 Å². The third-order valence-electron chi connectivity index (χ3n) is 7.73. The van der Waals surface area contributed by atoms with Crippen LogP contribution < -0.4 is 5.32 Å². The summed E-state index contributed by atoms with van der Waals surface area (Å²) in [5.41, 5.74) is 3.93. The van der Waals surface area contributed by atoms with Gasteiger partial charge in [-0.15, -0.1) is 0 Å². The van der Waals surface area contributed by atoms with E-state index in [9.17, 15) is 19.5 Å². The maximum Gasteiger partial charge on any atom is 0.335 e. The van der Waals surface area contributed by atoms with Crippen molar-refractivity contribution in [3.8, 4) is 0 Å². The summed E-state index contributed by atoms with van der Waals surface area (Å²) in [6, 6.07) is 6.92. The molecule has 0 unspecified atom stereocenters. The van der Waals surface area contributed by atoms with E-state index in [1.165, 1.54) is 4.52 Å². The molecular weight excluding hydrogens is 434 g/mol. The molecule has 2 N–H and O–H groups in total. The van der Waals surface area contributed by atoms with Gasteiger partial charge in [0.1, 0.15) is 11.4 Å². The first-order valence-electron chi connectivity index (χ1n) is 11.8. The Kier molecular flexibility index (Phi) is 4.68. The lowest BCUT2D eigenvalue weighted by Gasteiger charge is -2.22. The van der Waals surface area contributed by atoms with Gasteiger partial charge in [-0.1, -0.05) is 6.07 Å². The zero-order chi connectivity index (χ0) is 23.6. The van der Waals surface area contributed by atoms with E-state index in [-0.39, 0.29) is 46.9 Å². The number of fused-ring (bicyclic) bond motifs is 4. The van der Waals surface area contributed by atoms with Crippen LogP contribution in [0.25, 0.3) is 5.65 Å². The van der Waals surface area contributed by atoms with Gasteiger partial charge in [-0.05, 0) is 68.2 Å². The first kappa shape index (κ1) is 20.8. The van der Waals surface area contributed by atoms with Crippen LogP contribution in [0, 0.1) is 6.92 Å². The number of aromatic carboxylic acids is 1. The number of hydrogen-bond donors (Lipinski definition) is 2. The molecule has 2 amide bonds. The number of carboxylic acids is 1. The minimum absolute atomic E-state index is 0.120. The molecule has 3 aliphatic rings. The van der Waals surface area contributed by atoms with Crippen molar-refractivity contribution in [2.24, 2.45) is 0 Å². The molecule has 0 radical (unpaired) electrons. The van der Waals surface area contributed by atoms with E-state index in [0.29, 0.717) is 18.5 Å². The fourth-order valence-corrected chi connectivity index (χ4v) is 6.05.